The fourth-order valence-corrected chi connectivity index (χ4v) is 2.42. The fourth-order valence-electron chi connectivity index (χ4n) is 2.42. The highest BCUT2D eigenvalue weighted by atomic mass is 16.1. The lowest BCUT2D eigenvalue weighted by molar-refractivity contribution is 0.102. The molecule has 0 saturated heterocycles. The van der Waals surface area contributed by atoms with Gasteiger partial charge in [-0.05, 0) is 36.8 Å². The molecule has 3 heteroatoms. The first-order valence-corrected chi connectivity index (χ1v) is 6.57. The maximum atomic E-state index is 12.4. The van der Waals surface area contributed by atoms with Crippen LogP contribution >= 0.6 is 0 Å². The van der Waals surface area contributed by atoms with E-state index in [1.54, 1.807) is 0 Å². The average Bonchev–Trinajstić information content (AvgIpc) is 2.77. The van der Waals surface area contributed by atoms with Gasteiger partial charge in [-0.1, -0.05) is 30.3 Å². The Kier molecular flexibility index (Phi) is 3.03. The number of benzene rings is 2. The van der Waals surface area contributed by atoms with Gasteiger partial charge in [-0.2, -0.15) is 0 Å². The largest absolute Gasteiger partial charge is 0.340 e. The topological polar surface area (TPSA) is 34.0 Å². The summed E-state index contributed by atoms with van der Waals surface area (Å²) in [5.74, 6) is -0.0886. The van der Waals surface area contributed by atoms with Crippen LogP contribution in [0.25, 0.3) is 10.9 Å². The molecular weight excluding hydrogens is 248 g/mol. The molecule has 20 heavy (non-hydrogen) atoms. The Labute approximate surface area is 117 Å². The number of rotatable bonds is 2. The zero-order valence-corrected chi connectivity index (χ0v) is 11.6. The van der Waals surface area contributed by atoms with Crippen LogP contribution in [0.4, 0.5) is 5.69 Å². The summed E-state index contributed by atoms with van der Waals surface area (Å²) in [6.07, 6.45) is 0. The van der Waals surface area contributed by atoms with Gasteiger partial charge in [0.25, 0.3) is 5.91 Å². The number of hydrogen-bond acceptors (Lipinski definition) is 1. The predicted octanol–water partition coefficient (Wildman–Crippen LogP) is 3.74. The van der Waals surface area contributed by atoms with Crippen LogP contribution in [-0.2, 0) is 7.05 Å². The maximum absolute atomic E-state index is 12.4. The van der Waals surface area contributed by atoms with Gasteiger partial charge in [0.05, 0.1) is 0 Å². The lowest BCUT2D eigenvalue weighted by Gasteiger charge is -2.07. The summed E-state index contributed by atoms with van der Waals surface area (Å²) in [6.45, 7) is 2.01. The quantitative estimate of drug-likeness (QED) is 0.751. The van der Waals surface area contributed by atoms with Gasteiger partial charge in [-0.3, -0.25) is 4.79 Å². The van der Waals surface area contributed by atoms with E-state index in [4.69, 9.17) is 0 Å². The number of anilines is 1. The highest BCUT2D eigenvalue weighted by Gasteiger charge is 2.13. The second kappa shape index (κ2) is 4.85. The van der Waals surface area contributed by atoms with Crippen LogP contribution in [0.2, 0.25) is 0 Å². The fraction of sp³-hybridized carbons (Fsp3) is 0.118. The van der Waals surface area contributed by atoms with Crippen molar-refractivity contribution in [2.75, 3.05) is 5.32 Å². The molecule has 3 nitrogen and oxygen atoms in total. The van der Waals surface area contributed by atoms with E-state index in [0.29, 0.717) is 5.69 Å². The predicted molar refractivity (Wildman–Crippen MR) is 82.1 cm³/mol. The van der Waals surface area contributed by atoms with E-state index >= 15 is 0 Å². The number of amides is 1. The number of nitrogens with one attached hydrogen (secondary N) is 1. The summed E-state index contributed by atoms with van der Waals surface area (Å²) < 4.78 is 1.92. The number of para-hydroxylation sites is 1. The molecule has 100 valence electrons. The van der Waals surface area contributed by atoms with E-state index in [1.807, 2.05) is 73.1 Å². The first-order chi connectivity index (χ1) is 9.65. The Morgan fingerprint density at radius 3 is 2.60 bits per heavy atom. The van der Waals surface area contributed by atoms with Crippen LogP contribution in [0.5, 0.6) is 0 Å². The molecule has 0 atom stereocenters. The summed E-state index contributed by atoms with van der Waals surface area (Å²) in [5, 5.41) is 4.01. The smallest absolute Gasteiger partial charge is 0.272 e. The van der Waals surface area contributed by atoms with Crippen LogP contribution in [0.1, 0.15) is 16.1 Å². The number of aryl methyl sites for hydroxylation is 2. The summed E-state index contributed by atoms with van der Waals surface area (Å²) in [7, 11) is 1.91. The van der Waals surface area contributed by atoms with Gasteiger partial charge >= 0.3 is 0 Å². The molecule has 0 fully saturated rings. The Balaban J connectivity index is 1.95. The number of aromatic nitrogens is 1. The number of hydrogen-bond donors (Lipinski definition) is 1. The van der Waals surface area contributed by atoms with Crippen molar-refractivity contribution in [3.05, 3.63) is 65.9 Å². The summed E-state index contributed by atoms with van der Waals surface area (Å²) >= 11 is 0. The number of carbonyl (C=O) groups is 1. The Bertz CT molecular complexity index is 787. The van der Waals surface area contributed by atoms with Crippen molar-refractivity contribution in [3.63, 3.8) is 0 Å². The van der Waals surface area contributed by atoms with Crippen molar-refractivity contribution in [3.8, 4) is 0 Å². The average molecular weight is 264 g/mol. The molecule has 1 heterocycles. The highest BCUT2D eigenvalue weighted by Crippen LogP contribution is 2.19. The molecule has 0 aliphatic heterocycles. The molecule has 0 bridgehead atoms. The maximum Gasteiger partial charge on any atom is 0.272 e. The van der Waals surface area contributed by atoms with Crippen LogP contribution in [-0.4, -0.2) is 10.5 Å². The molecule has 0 spiro atoms. The van der Waals surface area contributed by atoms with Crippen LogP contribution in [0.3, 0.4) is 0 Å². The van der Waals surface area contributed by atoms with Crippen molar-refractivity contribution >= 4 is 22.5 Å². The molecule has 3 aromatic rings. The molecule has 0 aliphatic carbocycles. The molecular formula is C17H16N2O. The number of nitrogens with zero attached hydrogens (tertiary/aromatic N) is 1. The second-order valence-electron chi connectivity index (χ2n) is 4.97. The molecule has 0 saturated carbocycles. The molecule has 2 aromatic carbocycles. The van der Waals surface area contributed by atoms with Gasteiger partial charge in [-0.15, -0.1) is 0 Å². The molecule has 1 amide bonds. The van der Waals surface area contributed by atoms with Crippen molar-refractivity contribution in [2.45, 2.75) is 6.92 Å². The Morgan fingerprint density at radius 2 is 1.85 bits per heavy atom. The first kappa shape index (κ1) is 12.5. The molecule has 0 aliphatic rings. The van der Waals surface area contributed by atoms with Crippen molar-refractivity contribution < 1.29 is 4.79 Å². The van der Waals surface area contributed by atoms with E-state index in [-0.39, 0.29) is 5.91 Å². The number of carbonyl (C=O) groups excluding carboxylic acids is 1. The monoisotopic (exact) mass is 264 g/mol. The van der Waals surface area contributed by atoms with Crippen LogP contribution in [0.15, 0.2) is 54.6 Å². The lowest BCUT2D eigenvalue weighted by Crippen LogP contribution is -2.15. The van der Waals surface area contributed by atoms with Crippen LogP contribution in [0, 0.1) is 6.92 Å². The summed E-state index contributed by atoms with van der Waals surface area (Å²) in [5.41, 5.74) is 3.66. The van der Waals surface area contributed by atoms with Gasteiger partial charge in [0, 0.05) is 23.6 Å². The normalized spacial score (nSPS) is 10.7. The number of fused-ring (bicyclic) bond motifs is 1. The third-order valence-corrected chi connectivity index (χ3v) is 3.46. The van der Waals surface area contributed by atoms with E-state index in [1.165, 1.54) is 0 Å². The van der Waals surface area contributed by atoms with Gasteiger partial charge in [0.15, 0.2) is 0 Å². The minimum atomic E-state index is -0.0886. The Morgan fingerprint density at radius 1 is 1.05 bits per heavy atom. The second-order valence-corrected chi connectivity index (χ2v) is 4.97. The summed E-state index contributed by atoms with van der Waals surface area (Å²) in [6, 6.07) is 17.7. The van der Waals surface area contributed by atoms with E-state index < -0.39 is 0 Å². The van der Waals surface area contributed by atoms with E-state index in [2.05, 4.69) is 5.32 Å². The molecule has 3 rings (SSSR count). The molecule has 1 N–H and O–H groups in total. The standard InChI is InChI=1S/C17H16N2O/c1-12-6-5-8-14(10-12)18-17(20)16-11-13-7-3-4-9-15(13)19(16)2/h3-11H,1-2H3,(H,18,20). The van der Waals surface area contributed by atoms with Gasteiger partial charge < -0.3 is 9.88 Å². The van der Waals surface area contributed by atoms with Gasteiger partial charge in [-0.25, -0.2) is 0 Å². The van der Waals surface area contributed by atoms with Crippen molar-refractivity contribution in [1.82, 2.24) is 4.57 Å². The SMILES string of the molecule is Cc1cccc(NC(=O)c2cc3ccccc3n2C)c1. The minimum absolute atomic E-state index is 0.0886. The van der Waals surface area contributed by atoms with Gasteiger partial charge in [0.2, 0.25) is 0 Å². The third kappa shape index (κ3) is 2.18. The molecule has 0 unspecified atom stereocenters. The zero-order valence-electron chi connectivity index (χ0n) is 11.6. The molecule has 1 aromatic heterocycles. The highest BCUT2D eigenvalue weighted by molar-refractivity contribution is 6.06. The Hall–Kier alpha value is -2.55. The minimum Gasteiger partial charge on any atom is -0.340 e. The zero-order chi connectivity index (χ0) is 14.1. The van der Waals surface area contributed by atoms with Crippen molar-refractivity contribution in [1.29, 1.82) is 0 Å². The van der Waals surface area contributed by atoms with Gasteiger partial charge in [0.1, 0.15) is 5.69 Å². The first-order valence-electron chi connectivity index (χ1n) is 6.57. The van der Waals surface area contributed by atoms with E-state index in [9.17, 15) is 4.79 Å². The van der Waals surface area contributed by atoms with E-state index in [0.717, 1.165) is 22.2 Å². The molecule has 0 radical (unpaired) electrons. The third-order valence-electron chi connectivity index (χ3n) is 3.46. The lowest BCUT2D eigenvalue weighted by atomic mass is 10.2. The van der Waals surface area contributed by atoms with Crippen molar-refractivity contribution in [2.24, 2.45) is 7.05 Å². The summed E-state index contributed by atoms with van der Waals surface area (Å²) in [4.78, 5) is 12.4. The van der Waals surface area contributed by atoms with Crippen LogP contribution < -0.4 is 5.32 Å².